The molecule has 0 aliphatic rings. The largest absolute Gasteiger partial charge is 0.142 e. The van der Waals surface area contributed by atoms with Gasteiger partial charge >= 0.3 is 0 Å². The van der Waals surface area contributed by atoms with E-state index in [4.69, 9.17) is 11.6 Å². The first kappa shape index (κ1) is 8.44. The van der Waals surface area contributed by atoms with Crippen molar-refractivity contribution in [2.75, 3.05) is 0 Å². The van der Waals surface area contributed by atoms with Gasteiger partial charge in [0.2, 0.25) is 0 Å². The van der Waals surface area contributed by atoms with Crippen LogP contribution in [0.25, 0.3) is 0 Å². The molecule has 0 N–H and O–H groups in total. The van der Waals surface area contributed by atoms with Crippen molar-refractivity contribution >= 4 is 40.2 Å². The van der Waals surface area contributed by atoms with Gasteiger partial charge in [0.15, 0.2) is 0 Å². The minimum absolute atomic E-state index is 0.675. The quantitative estimate of drug-likeness (QED) is 0.654. The lowest BCUT2D eigenvalue weighted by atomic mass is 10.2. The first-order chi connectivity index (χ1) is 4.61. The smallest absolute Gasteiger partial charge is 0.0681 e. The van der Waals surface area contributed by atoms with Crippen LogP contribution >= 0.6 is 40.2 Å². The second-order valence-corrected chi connectivity index (χ2v) is 3.79. The van der Waals surface area contributed by atoms with Gasteiger partial charge in [0, 0.05) is 9.37 Å². The average Bonchev–Trinajstić information content (AvgIpc) is 1.82. The Morgan fingerprint density at radius 3 is 2.60 bits per heavy atom. The van der Waals surface area contributed by atoms with E-state index in [0.29, 0.717) is 5.02 Å². The van der Waals surface area contributed by atoms with Crippen LogP contribution in [0.2, 0.25) is 5.02 Å². The minimum Gasteiger partial charge on any atom is -0.142 e. The topological polar surface area (TPSA) is 0 Å². The summed E-state index contributed by atoms with van der Waals surface area (Å²) in [6, 6.07) is 3.89. The van der Waals surface area contributed by atoms with Crippen LogP contribution in [-0.4, -0.2) is 0 Å². The molecule has 0 radical (unpaired) electrons. The van der Waals surface area contributed by atoms with E-state index in [-0.39, 0.29) is 0 Å². The Morgan fingerprint density at radius 1 is 1.50 bits per heavy atom. The number of hydrogen-bond donors (Lipinski definition) is 1. The molecule has 0 unspecified atom stereocenters. The van der Waals surface area contributed by atoms with Crippen LogP contribution in [0.15, 0.2) is 21.5 Å². The van der Waals surface area contributed by atoms with E-state index >= 15 is 0 Å². The lowest BCUT2D eigenvalue weighted by molar-refractivity contribution is 1.35. The lowest BCUT2D eigenvalue weighted by Crippen LogP contribution is -1.76. The third-order valence-electron chi connectivity index (χ3n) is 1.15. The minimum atomic E-state index is 0.675. The maximum Gasteiger partial charge on any atom is 0.0681 e. The second kappa shape index (κ2) is 3.16. The van der Waals surface area contributed by atoms with Crippen molar-refractivity contribution in [1.29, 1.82) is 0 Å². The Morgan fingerprint density at radius 2 is 2.10 bits per heavy atom. The summed E-state index contributed by atoms with van der Waals surface area (Å²) in [5, 5.41) is 0.675. The molecule has 0 saturated carbocycles. The number of hydrogen-bond acceptors (Lipinski definition) is 1. The van der Waals surface area contributed by atoms with Crippen molar-refractivity contribution in [1.82, 2.24) is 0 Å². The Kier molecular flexibility index (Phi) is 2.67. The van der Waals surface area contributed by atoms with E-state index < -0.39 is 0 Å². The molecule has 10 heavy (non-hydrogen) atoms. The van der Waals surface area contributed by atoms with E-state index in [2.05, 4.69) is 28.6 Å². The van der Waals surface area contributed by atoms with Crippen molar-refractivity contribution in [2.24, 2.45) is 0 Å². The molecular formula is C7H6BrClS. The molecule has 1 aromatic carbocycles. The molecule has 0 bridgehead atoms. The van der Waals surface area contributed by atoms with Gasteiger partial charge < -0.3 is 0 Å². The summed E-state index contributed by atoms with van der Waals surface area (Å²) < 4.78 is 0.902. The molecule has 0 fully saturated rings. The van der Waals surface area contributed by atoms with Gasteiger partial charge in [0.1, 0.15) is 0 Å². The van der Waals surface area contributed by atoms with E-state index in [1.165, 1.54) is 0 Å². The molecule has 54 valence electrons. The molecule has 0 atom stereocenters. The molecule has 0 aliphatic carbocycles. The molecule has 1 rings (SSSR count). The highest BCUT2D eigenvalue weighted by Gasteiger charge is 2.00. The van der Waals surface area contributed by atoms with Crippen LogP contribution < -0.4 is 0 Å². The van der Waals surface area contributed by atoms with Crippen molar-refractivity contribution in [2.45, 2.75) is 11.8 Å². The van der Waals surface area contributed by atoms with Crippen LogP contribution in [-0.2, 0) is 0 Å². The molecule has 0 spiro atoms. The Bertz CT molecular complexity index is 237. The first-order valence-corrected chi connectivity index (χ1v) is 4.37. The fourth-order valence-corrected chi connectivity index (χ4v) is 1.87. The Hall–Kier alpha value is 0.340. The Balaban J connectivity index is 3.31. The van der Waals surface area contributed by atoms with Gasteiger partial charge in [-0.3, -0.25) is 0 Å². The maximum absolute atomic E-state index is 5.83. The number of benzene rings is 1. The summed E-state index contributed by atoms with van der Waals surface area (Å²) in [7, 11) is 0. The Labute approximate surface area is 79.1 Å². The molecule has 0 aromatic heterocycles. The van der Waals surface area contributed by atoms with Gasteiger partial charge in [-0.25, -0.2) is 0 Å². The molecule has 0 nitrogen and oxygen atoms in total. The number of halogens is 2. The second-order valence-electron chi connectivity index (χ2n) is 2.08. The molecule has 1 aromatic rings. The molecular weight excluding hydrogens is 232 g/mol. The van der Waals surface area contributed by atoms with Gasteiger partial charge in [-0.1, -0.05) is 11.6 Å². The van der Waals surface area contributed by atoms with Gasteiger partial charge in [-0.15, -0.1) is 12.6 Å². The SMILES string of the molecule is Cc1cc(S)c(Cl)c(Br)c1. The summed E-state index contributed by atoms with van der Waals surface area (Å²) in [6.07, 6.45) is 0. The third-order valence-corrected chi connectivity index (χ3v) is 2.90. The zero-order chi connectivity index (χ0) is 7.72. The summed E-state index contributed by atoms with van der Waals surface area (Å²) in [6.45, 7) is 2.00. The van der Waals surface area contributed by atoms with Gasteiger partial charge in [-0.05, 0) is 40.5 Å². The number of rotatable bonds is 0. The summed E-state index contributed by atoms with van der Waals surface area (Å²) >= 11 is 13.3. The van der Waals surface area contributed by atoms with Crippen LogP contribution in [0.1, 0.15) is 5.56 Å². The molecule has 0 saturated heterocycles. The fourth-order valence-electron chi connectivity index (χ4n) is 0.706. The van der Waals surface area contributed by atoms with Crippen molar-refractivity contribution in [3.8, 4) is 0 Å². The van der Waals surface area contributed by atoms with E-state index in [9.17, 15) is 0 Å². The monoisotopic (exact) mass is 236 g/mol. The van der Waals surface area contributed by atoms with E-state index in [1.54, 1.807) is 0 Å². The van der Waals surface area contributed by atoms with Crippen LogP contribution in [0.3, 0.4) is 0 Å². The summed E-state index contributed by atoms with van der Waals surface area (Å²) in [5.74, 6) is 0. The molecule has 0 heterocycles. The van der Waals surface area contributed by atoms with Crippen LogP contribution in [0, 0.1) is 6.92 Å². The van der Waals surface area contributed by atoms with Crippen LogP contribution in [0.4, 0.5) is 0 Å². The standard InChI is InChI=1S/C7H6BrClS/c1-4-2-5(8)7(9)6(10)3-4/h2-3,10H,1H3. The summed E-state index contributed by atoms with van der Waals surface area (Å²) in [4.78, 5) is 0.813. The highest BCUT2D eigenvalue weighted by molar-refractivity contribution is 9.10. The first-order valence-electron chi connectivity index (χ1n) is 2.76. The predicted molar refractivity (Wildman–Crippen MR) is 51.1 cm³/mol. The maximum atomic E-state index is 5.83. The summed E-state index contributed by atoms with van der Waals surface area (Å²) in [5.41, 5.74) is 1.15. The highest BCUT2D eigenvalue weighted by Crippen LogP contribution is 2.29. The molecule has 3 heteroatoms. The zero-order valence-corrected chi connectivity index (χ0v) is 8.59. The predicted octanol–water partition coefficient (Wildman–Crippen LogP) is 3.70. The lowest BCUT2D eigenvalue weighted by Gasteiger charge is -2.00. The fraction of sp³-hybridized carbons (Fsp3) is 0.143. The van der Waals surface area contributed by atoms with Crippen molar-refractivity contribution in [3.63, 3.8) is 0 Å². The molecule has 0 aliphatic heterocycles. The highest BCUT2D eigenvalue weighted by atomic mass is 79.9. The normalized spacial score (nSPS) is 10.0. The van der Waals surface area contributed by atoms with Gasteiger partial charge in [0.25, 0.3) is 0 Å². The van der Waals surface area contributed by atoms with Crippen molar-refractivity contribution in [3.05, 3.63) is 27.2 Å². The average molecular weight is 238 g/mol. The third kappa shape index (κ3) is 1.68. The molecule has 0 amide bonds. The van der Waals surface area contributed by atoms with E-state index in [0.717, 1.165) is 14.9 Å². The number of aryl methyl sites for hydroxylation is 1. The zero-order valence-electron chi connectivity index (χ0n) is 5.36. The van der Waals surface area contributed by atoms with Crippen LogP contribution in [0.5, 0.6) is 0 Å². The van der Waals surface area contributed by atoms with Crippen molar-refractivity contribution < 1.29 is 0 Å². The van der Waals surface area contributed by atoms with E-state index in [1.807, 2.05) is 19.1 Å². The van der Waals surface area contributed by atoms with Gasteiger partial charge in [0.05, 0.1) is 5.02 Å². The number of thiol groups is 1. The van der Waals surface area contributed by atoms with Gasteiger partial charge in [-0.2, -0.15) is 0 Å².